The monoisotopic (exact) mass is 317 g/mol. The Balaban J connectivity index is 1.93. The molecule has 2 aromatic carbocycles. The van der Waals surface area contributed by atoms with Gasteiger partial charge in [-0.1, -0.05) is 35.9 Å². The number of ether oxygens (including phenoxy) is 1. The number of hydrogen-bond acceptors (Lipinski definition) is 2. The normalized spacial score (nSPS) is 16.0. The first-order valence-corrected chi connectivity index (χ1v) is 7.44. The molecular formula is C17H16ClNO3. The third-order valence-corrected chi connectivity index (χ3v) is 4.03. The molecule has 1 aliphatic heterocycles. The Kier molecular flexibility index (Phi) is 3.94. The third-order valence-electron chi connectivity index (χ3n) is 3.80. The van der Waals surface area contributed by atoms with Crippen molar-refractivity contribution in [2.45, 2.75) is 19.4 Å². The van der Waals surface area contributed by atoms with E-state index in [0.29, 0.717) is 11.4 Å². The van der Waals surface area contributed by atoms with Gasteiger partial charge in [0.25, 0.3) is 0 Å². The second-order valence-electron chi connectivity index (χ2n) is 5.38. The van der Waals surface area contributed by atoms with Crippen LogP contribution in [0, 0.1) is 6.92 Å². The standard InChI is InChI=1S/C17H16ClNO3/c1-10-5-6-12(18)8-15(10)14-4-2-3-11-7-13(22-16(11)14)9-19-17(20)21/h2-6,8,13,19H,7,9H2,1H3,(H,20,21). The van der Waals surface area contributed by atoms with Crippen molar-refractivity contribution in [3.05, 3.63) is 52.5 Å². The minimum absolute atomic E-state index is 0.174. The number of nitrogens with one attached hydrogen (secondary N) is 1. The molecule has 1 heterocycles. The fourth-order valence-corrected chi connectivity index (χ4v) is 2.92. The highest BCUT2D eigenvalue weighted by Crippen LogP contribution is 2.40. The summed E-state index contributed by atoms with van der Waals surface area (Å²) in [7, 11) is 0. The predicted molar refractivity (Wildman–Crippen MR) is 85.8 cm³/mol. The van der Waals surface area contributed by atoms with Crippen molar-refractivity contribution < 1.29 is 14.6 Å². The molecule has 3 rings (SSSR count). The van der Waals surface area contributed by atoms with Crippen molar-refractivity contribution in [3.63, 3.8) is 0 Å². The van der Waals surface area contributed by atoms with E-state index in [0.717, 1.165) is 28.0 Å². The molecule has 1 atom stereocenters. The zero-order valence-corrected chi connectivity index (χ0v) is 12.9. The Morgan fingerprint density at radius 1 is 1.36 bits per heavy atom. The molecule has 2 aromatic rings. The Morgan fingerprint density at radius 2 is 2.18 bits per heavy atom. The number of hydrogen-bond donors (Lipinski definition) is 2. The summed E-state index contributed by atoms with van der Waals surface area (Å²) in [6.07, 6.45) is -0.513. The number of amides is 1. The van der Waals surface area contributed by atoms with Crippen LogP contribution in [0.4, 0.5) is 4.79 Å². The first-order chi connectivity index (χ1) is 10.5. The van der Waals surface area contributed by atoms with Gasteiger partial charge in [-0.2, -0.15) is 0 Å². The van der Waals surface area contributed by atoms with Crippen LogP contribution in [0.1, 0.15) is 11.1 Å². The predicted octanol–water partition coefficient (Wildman–Crippen LogP) is 3.89. The number of carbonyl (C=O) groups is 1. The van der Waals surface area contributed by atoms with Crippen molar-refractivity contribution in [2.75, 3.05) is 6.54 Å². The van der Waals surface area contributed by atoms with Gasteiger partial charge >= 0.3 is 6.09 Å². The maximum absolute atomic E-state index is 10.6. The van der Waals surface area contributed by atoms with E-state index in [1.807, 2.05) is 43.3 Å². The molecule has 0 saturated heterocycles. The van der Waals surface area contributed by atoms with E-state index in [1.54, 1.807) is 0 Å². The van der Waals surface area contributed by atoms with Crippen LogP contribution in [-0.2, 0) is 6.42 Å². The van der Waals surface area contributed by atoms with Crippen LogP contribution in [0.15, 0.2) is 36.4 Å². The second kappa shape index (κ2) is 5.89. The maximum Gasteiger partial charge on any atom is 0.404 e. The van der Waals surface area contributed by atoms with Crippen LogP contribution in [0.2, 0.25) is 5.02 Å². The molecule has 0 fully saturated rings. The van der Waals surface area contributed by atoms with E-state index in [1.165, 1.54) is 0 Å². The summed E-state index contributed by atoms with van der Waals surface area (Å²) in [5, 5.41) is 11.8. The molecule has 0 aromatic heterocycles. The van der Waals surface area contributed by atoms with Gasteiger partial charge in [0.05, 0.1) is 6.54 Å². The largest absolute Gasteiger partial charge is 0.487 e. The minimum Gasteiger partial charge on any atom is -0.487 e. The molecule has 1 amide bonds. The van der Waals surface area contributed by atoms with E-state index in [4.69, 9.17) is 21.4 Å². The van der Waals surface area contributed by atoms with Gasteiger partial charge in [-0.05, 0) is 35.7 Å². The van der Waals surface area contributed by atoms with Crippen molar-refractivity contribution in [2.24, 2.45) is 0 Å². The van der Waals surface area contributed by atoms with Crippen LogP contribution in [0.3, 0.4) is 0 Å². The summed E-state index contributed by atoms with van der Waals surface area (Å²) in [6.45, 7) is 2.31. The van der Waals surface area contributed by atoms with Crippen molar-refractivity contribution in [1.29, 1.82) is 0 Å². The summed E-state index contributed by atoms with van der Waals surface area (Å²) < 4.78 is 5.97. The molecular weight excluding hydrogens is 302 g/mol. The lowest BCUT2D eigenvalue weighted by atomic mass is 9.97. The Labute approximate surface area is 133 Å². The molecule has 1 unspecified atom stereocenters. The number of para-hydroxylation sites is 1. The maximum atomic E-state index is 10.6. The average molecular weight is 318 g/mol. The molecule has 114 valence electrons. The summed E-state index contributed by atoms with van der Waals surface area (Å²) in [4.78, 5) is 10.6. The molecule has 0 saturated carbocycles. The Morgan fingerprint density at radius 3 is 2.95 bits per heavy atom. The Bertz CT molecular complexity index is 730. The SMILES string of the molecule is Cc1ccc(Cl)cc1-c1cccc2c1OC(CNC(=O)O)C2. The molecule has 0 spiro atoms. The number of rotatable bonds is 3. The number of halogens is 1. The number of fused-ring (bicyclic) bond motifs is 1. The van der Waals surface area contributed by atoms with Gasteiger partial charge in [-0.15, -0.1) is 0 Å². The summed E-state index contributed by atoms with van der Waals surface area (Å²) in [5.41, 5.74) is 4.24. The summed E-state index contributed by atoms with van der Waals surface area (Å²) in [5.74, 6) is 0.824. The van der Waals surface area contributed by atoms with Crippen LogP contribution in [0.25, 0.3) is 11.1 Å². The van der Waals surface area contributed by atoms with Crippen LogP contribution in [0.5, 0.6) is 5.75 Å². The Hall–Kier alpha value is -2.20. The quantitative estimate of drug-likeness (QED) is 0.903. The third kappa shape index (κ3) is 2.88. The molecule has 22 heavy (non-hydrogen) atoms. The zero-order valence-electron chi connectivity index (χ0n) is 12.1. The lowest BCUT2D eigenvalue weighted by Crippen LogP contribution is -2.33. The zero-order chi connectivity index (χ0) is 15.7. The van der Waals surface area contributed by atoms with E-state index >= 15 is 0 Å². The van der Waals surface area contributed by atoms with Gasteiger partial charge in [-0.3, -0.25) is 0 Å². The van der Waals surface area contributed by atoms with Gasteiger partial charge in [0.2, 0.25) is 0 Å². The average Bonchev–Trinajstić information content (AvgIpc) is 2.90. The number of carboxylic acid groups (broad SMARTS) is 1. The molecule has 1 aliphatic rings. The van der Waals surface area contributed by atoms with E-state index in [9.17, 15) is 4.79 Å². The minimum atomic E-state index is -1.04. The fraction of sp³-hybridized carbons (Fsp3) is 0.235. The number of aryl methyl sites for hydroxylation is 1. The smallest absolute Gasteiger partial charge is 0.404 e. The molecule has 0 aliphatic carbocycles. The second-order valence-corrected chi connectivity index (χ2v) is 5.82. The molecule has 4 nitrogen and oxygen atoms in total. The highest BCUT2D eigenvalue weighted by Gasteiger charge is 2.26. The highest BCUT2D eigenvalue weighted by molar-refractivity contribution is 6.30. The van der Waals surface area contributed by atoms with Gasteiger partial charge < -0.3 is 15.2 Å². The molecule has 0 bridgehead atoms. The summed E-state index contributed by atoms with van der Waals surface area (Å²) >= 11 is 6.11. The lowest BCUT2D eigenvalue weighted by molar-refractivity contribution is 0.181. The van der Waals surface area contributed by atoms with Crippen LogP contribution < -0.4 is 10.1 Å². The van der Waals surface area contributed by atoms with Gasteiger partial charge in [-0.25, -0.2) is 4.79 Å². The van der Waals surface area contributed by atoms with Crippen LogP contribution >= 0.6 is 11.6 Å². The topological polar surface area (TPSA) is 58.6 Å². The van der Waals surface area contributed by atoms with E-state index in [2.05, 4.69) is 5.32 Å². The van der Waals surface area contributed by atoms with Crippen molar-refractivity contribution in [3.8, 4) is 16.9 Å². The first-order valence-electron chi connectivity index (χ1n) is 7.06. The lowest BCUT2D eigenvalue weighted by Gasteiger charge is -2.14. The van der Waals surface area contributed by atoms with E-state index < -0.39 is 6.09 Å². The number of benzene rings is 2. The molecule has 5 heteroatoms. The van der Waals surface area contributed by atoms with E-state index in [-0.39, 0.29) is 12.6 Å². The van der Waals surface area contributed by atoms with Crippen molar-refractivity contribution in [1.82, 2.24) is 5.32 Å². The summed E-state index contributed by atoms with van der Waals surface area (Å²) in [6, 6.07) is 11.8. The fourth-order valence-electron chi connectivity index (χ4n) is 2.75. The molecule has 0 radical (unpaired) electrons. The highest BCUT2D eigenvalue weighted by atomic mass is 35.5. The van der Waals surface area contributed by atoms with Crippen molar-refractivity contribution >= 4 is 17.7 Å². The van der Waals surface area contributed by atoms with Crippen LogP contribution in [-0.4, -0.2) is 23.8 Å². The molecule has 2 N–H and O–H groups in total. The van der Waals surface area contributed by atoms with Gasteiger partial charge in [0.1, 0.15) is 11.9 Å². The van der Waals surface area contributed by atoms with Gasteiger partial charge in [0.15, 0.2) is 0 Å². The first kappa shape index (κ1) is 14.7. The van der Waals surface area contributed by atoms with Gasteiger partial charge in [0, 0.05) is 17.0 Å².